The highest BCUT2D eigenvalue weighted by Crippen LogP contribution is 2.18. The van der Waals surface area contributed by atoms with Crippen LogP contribution in [0.25, 0.3) is 0 Å². The van der Waals surface area contributed by atoms with Crippen LogP contribution in [0.3, 0.4) is 0 Å². The lowest BCUT2D eigenvalue weighted by atomic mass is 9.97. The Bertz CT molecular complexity index is 335. The molecule has 2 rings (SSSR count). The number of halogens is 1. The quantitative estimate of drug-likeness (QED) is 0.924. The fourth-order valence-electron chi connectivity index (χ4n) is 2.04. The number of rotatable bonds is 3. The van der Waals surface area contributed by atoms with Gasteiger partial charge in [0.1, 0.15) is 0 Å². The summed E-state index contributed by atoms with van der Waals surface area (Å²) in [6.07, 6.45) is 6.27. The molecule has 0 unspecified atom stereocenters. The van der Waals surface area contributed by atoms with Crippen molar-refractivity contribution in [2.45, 2.75) is 12.8 Å². The molecule has 1 aliphatic rings. The highest BCUT2D eigenvalue weighted by molar-refractivity contribution is 9.10. The van der Waals surface area contributed by atoms with Gasteiger partial charge in [0, 0.05) is 17.2 Å². The Morgan fingerprint density at radius 1 is 1.44 bits per heavy atom. The van der Waals surface area contributed by atoms with E-state index in [1.165, 1.54) is 25.9 Å². The molecule has 0 aliphatic carbocycles. The number of nitrogens with zero attached hydrogens (tertiary/aromatic N) is 2. The monoisotopic (exact) mass is 283 g/mol. The summed E-state index contributed by atoms with van der Waals surface area (Å²) in [6.45, 7) is 3.51. The molecule has 0 saturated carbocycles. The van der Waals surface area contributed by atoms with Gasteiger partial charge in [0.2, 0.25) is 0 Å². The van der Waals surface area contributed by atoms with Crippen molar-refractivity contribution in [2.24, 2.45) is 5.92 Å². The standard InChI is InChI=1S/C12H18BrN3/c1-16-4-2-10(3-5-16)7-15-12-6-11(13)8-14-9-12/h6,8-10,15H,2-5,7H2,1H3. The van der Waals surface area contributed by atoms with E-state index >= 15 is 0 Å². The molecule has 0 amide bonds. The van der Waals surface area contributed by atoms with Crippen LogP contribution in [-0.2, 0) is 0 Å². The van der Waals surface area contributed by atoms with Crippen LogP contribution in [-0.4, -0.2) is 36.6 Å². The molecule has 0 bridgehead atoms. The maximum absolute atomic E-state index is 4.14. The Morgan fingerprint density at radius 3 is 2.88 bits per heavy atom. The molecule has 1 aromatic heterocycles. The SMILES string of the molecule is CN1CCC(CNc2cncc(Br)c2)CC1. The molecular weight excluding hydrogens is 266 g/mol. The van der Waals surface area contributed by atoms with E-state index in [4.69, 9.17) is 0 Å². The Balaban J connectivity index is 1.79. The van der Waals surface area contributed by atoms with Gasteiger partial charge in [-0.1, -0.05) is 0 Å². The van der Waals surface area contributed by atoms with Gasteiger partial charge in [-0.05, 0) is 60.9 Å². The van der Waals surface area contributed by atoms with Crippen LogP contribution in [0.2, 0.25) is 0 Å². The van der Waals surface area contributed by atoms with Crippen molar-refractivity contribution >= 4 is 21.6 Å². The zero-order chi connectivity index (χ0) is 11.4. The van der Waals surface area contributed by atoms with Crippen LogP contribution in [0.15, 0.2) is 22.9 Å². The zero-order valence-corrected chi connectivity index (χ0v) is 11.2. The predicted octanol–water partition coefficient (Wildman–Crippen LogP) is 2.60. The van der Waals surface area contributed by atoms with E-state index in [9.17, 15) is 0 Å². The molecule has 0 spiro atoms. The molecule has 2 heterocycles. The number of hydrogen-bond acceptors (Lipinski definition) is 3. The van der Waals surface area contributed by atoms with E-state index in [1.54, 1.807) is 6.20 Å². The first-order valence-corrected chi connectivity index (χ1v) is 6.56. The molecule has 1 saturated heterocycles. The third-order valence-electron chi connectivity index (χ3n) is 3.14. The summed E-state index contributed by atoms with van der Waals surface area (Å²) in [4.78, 5) is 6.54. The minimum absolute atomic E-state index is 0.801. The number of aromatic nitrogens is 1. The second-order valence-electron chi connectivity index (χ2n) is 4.52. The van der Waals surface area contributed by atoms with Crippen LogP contribution in [0, 0.1) is 5.92 Å². The number of hydrogen-bond donors (Lipinski definition) is 1. The Kier molecular flexibility index (Phi) is 4.18. The minimum Gasteiger partial charge on any atom is -0.383 e. The molecule has 4 heteroatoms. The first-order valence-electron chi connectivity index (χ1n) is 5.77. The van der Waals surface area contributed by atoms with Gasteiger partial charge in [0.15, 0.2) is 0 Å². The molecule has 3 nitrogen and oxygen atoms in total. The average molecular weight is 284 g/mol. The van der Waals surface area contributed by atoms with Gasteiger partial charge >= 0.3 is 0 Å². The smallest absolute Gasteiger partial charge is 0.0538 e. The van der Waals surface area contributed by atoms with Crippen molar-refractivity contribution in [1.29, 1.82) is 0 Å². The molecule has 0 atom stereocenters. The molecule has 88 valence electrons. The van der Waals surface area contributed by atoms with E-state index in [-0.39, 0.29) is 0 Å². The maximum Gasteiger partial charge on any atom is 0.0538 e. The molecule has 16 heavy (non-hydrogen) atoms. The fraction of sp³-hybridized carbons (Fsp3) is 0.583. The summed E-state index contributed by atoms with van der Waals surface area (Å²) in [7, 11) is 2.20. The lowest BCUT2D eigenvalue weighted by Gasteiger charge is -2.29. The second-order valence-corrected chi connectivity index (χ2v) is 5.44. The van der Waals surface area contributed by atoms with Crippen molar-refractivity contribution in [1.82, 2.24) is 9.88 Å². The van der Waals surface area contributed by atoms with Crippen LogP contribution < -0.4 is 5.32 Å². The second kappa shape index (κ2) is 5.64. The average Bonchev–Trinajstić information content (AvgIpc) is 2.28. The van der Waals surface area contributed by atoms with E-state index in [0.717, 1.165) is 22.6 Å². The van der Waals surface area contributed by atoms with Crippen molar-refractivity contribution < 1.29 is 0 Å². The zero-order valence-electron chi connectivity index (χ0n) is 9.62. The fourth-order valence-corrected chi connectivity index (χ4v) is 2.40. The highest BCUT2D eigenvalue weighted by Gasteiger charge is 2.15. The van der Waals surface area contributed by atoms with Gasteiger partial charge in [-0.3, -0.25) is 4.98 Å². The lowest BCUT2D eigenvalue weighted by molar-refractivity contribution is 0.226. The summed E-state index contributed by atoms with van der Waals surface area (Å²) in [5, 5.41) is 3.46. The Hall–Kier alpha value is -0.610. The Labute approximate surface area is 105 Å². The molecule has 0 aromatic carbocycles. The molecular formula is C12H18BrN3. The summed E-state index contributed by atoms with van der Waals surface area (Å²) >= 11 is 3.43. The van der Waals surface area contributed by atoms with Gasteiger partial charge in [0.25, 0.3) is 0 Å². The van der Waals surface area contributed by atoms with Crippen LogP contribution >= 0.6 is 15.9 Å². The third kappa shape index (κ3) is 3.46. The largest absolute Gasteiger partial charge is 0.383 e. The number of nitrogens with one attached hydrogen (secondary N) is 1. The number of likely N-dealkylation sites (tertiary alicyclic amines) is 1. The third-order valence-corrected chi connectivity index (χ3v) is 3.57. The molecule has 0 radical (unpaired) electrons. The molecule has 1 N–H and O–H groups in total. The molecule has 1 aliphatic heterocycles. The van der Waals surface area contributed by atoms with Gasteiger partial charge in [-0.15, -0.1) is 0 Å². The van der Waals surface area contributed by atoms with Crippen molar-refractivity contribution in [3.8, 4) is 0 Å². The van der Waals surface area contributed by atoms with E-state index < -0.39 is 0 Å². The van der Waals surface area contributed by atoms with Crippen molar-refractivity contribution in [3.05, 3.63) is 22.9 Å². The van der Waals surface area contributed by atoms with Crippen LogP contribution in [0.4, 0.5) is 5.69 Å². The molecule has 1 fully saturated rings. The highest BCUT2D eigenvalue weighted by atomic mass is 79.9. The van der Waals surface area contributed by atoms with Gasteiger partial charge < -0.3 is 10.2 Å². The van der Waals surface area contributed by atoms with E-state index in [2.05, 4.69) is 44.2 Å². The number of piperidine rings is 1. The van der Waals surface area contributed by atoms with Gasteiger partial charge in [0.05, 0.1) is 11.9 Å². The first kappa shape index (κ1) is 11.9. The van der Waals surface area contributed by atoms with Gasteiger partial charge in [-0.2, -0.15) is 0 Å². The number of anilines is 1. The molecule has 1 aromatic rings. The van der Waals surface area contributed by atoms with E-state index in [1.807, 2.05) is 6.20 Å². The summed E-state index contributed by atoms with van der Waals surface area (Å²) in [6, 6.07) is 2.07. The Morgan fingerprint density at radius 2 is 2.19 bits per heavy atom. The van der Waals surface area contributed by atoms with Crippen molar-refractivity contribution in [2.75, 3.05) is 32.0 Å². The number of pyridine rings is 1. The summed E-state index contributed by atoms with van der Waals surface area (Å²) in [5.74, 6) is 0.801. The maximum atomic E-state index is 4.14. The first-order chi connectivity index (χ1) is 7.74. The topological polar surface area (TPSA) is 28.2 Å². The normalized spacial score (nSPS) is 18.6. The predicted molar refractivity (Wildman–Crippen MR) is 70.6 cm³/mol. The van der Waals surface area contributed by atoms with Crippen LogP contribution in [0.1, 0.15) is 12.8 Å². The van der Waals surface area contributed by atoms with E-state index in [0.29, 0.717) is 0 Å². The lowest BCUT2D eigenvalue weighted by Crippen LogP contribution is -2.32. The minimum atomic E-state index is 0.801. The summed E-state index contributed by atoms with van der Waals surface area (Å²) < 4.78 is 1.03. The van der Waals surface area contributed by atoms with Crippen molar-refractivity contribution in [3.63, 3.8) is 0 Å². The van der Waals surface area contributed by atoms with Gasteiger partial charge in [-0.25, -0.2) is 0 Å². The summed E-state index contributed by atoms with van der Waals surface area (Å²) in [5.41, 5.74) is 1.10. The van der Waals surface area contributed by atoms with Crippen LogP contribution in [0.5, 0.6) is 0 Å².